The fourth-order valence-electron chi connectivity index (χ4n) is 4.23. The van der Waals surface area contributed by atoms with E-state index in [2.05, 4.69) is 9.82 Å². The first-order valence-electron chi connectivity index (χ1n) is 11.2. The molecule has 3 aromatic rings. The van der Waals surface area contributed by atoms with Gasteiger partial charge in [-0.25, -0.2) is 17.8 Å². The molecule has 1 aliphatic rings. The second-order valence-electron chi connectivity index (χ2n) is 8.31. The largest absolute Gasteiger partial charge is 0.495 e. The van der Waals surface area contributed by atoms with Gasteiger partial charge in [-0.2, -0.15) is 5.10 Å². The van der Waals surface area contributed by atoms with E-state index in [9.17, 15) is 13.2 Å². The summed E-state index contributed by atoms with van der Waals surface area (Å²) in [4.78, 5) is 12.8. The van der Waals surface area contributed by atoms with Gasteiger partial charge in [0.25, 0.3) is 5.56 Å². The second kappa shape index (κ2) is 9.49. The van der Waals surface area contributed by atoms with E-state index in [1.807, 2.05) is 38.1 Å². The van der Waals surface area contributed by atoms with E-state index < -0.39 is 10.0 Å². The fourth-order valence-corrected chi connectivity index (χ4v) is 5.44. The molecule has 0 bridgehead atoms. The molecule has 0 saturated heterocycles. The van der Waals surface area contributed by atoms with E-state index in [1.165, 1.54) is 11.8 Å². The number of rotatable bonds is 7. The van der Waals surface area contributed by atoms with Gasteiger partial charge in [0.2, 0.25) is 10.0 Å². The number of fused-ring (bicyclic) bond motifs is 1. The number of ether oxygens (including phenoxy) is 1. The summed E-state index contributed by atoms with van der Waals surface area (Å²) in [7, 11) is -2.41. The Hall–Kier alpha value is -2.97. The summed E-state index contributed by atoms with van der Waals surface area (Å²) in [5.74, 6) is 0.257. The molecular formula is C25H29N3O4S. The van der Waals surface area contributed by atoms with E-state index in [0.29, 0.717) is 17.8 Å². The van der Waals surface area contributed by atoms with Gasteiger partial charge in [-0.15, -0.1) is 0 Å². The smallest absolute Gasteiger partial charge is 0.270 e. The highest BCUT2D eigenvalue weighted by Gasteiger charge is 2.24. The van der Waals surface area contributed by atoms with Crippen LogP contribution in [0.15, 0.2) is 52.2 Å². The molecule has 0 aliphatic heterocycles. The Kier molecular flexibility index (Phi) is 6.67. The molecule has 0 fully saturated rings. The maximum absolute atomic E-state index is 13.2. The van der Waals surface area contributed by atoms with Gasteiger partial charge in [0.1, 0.15) is 10.6 Å². The summed E-state index contributed by atoms with van der Waals surface area (Å²) in [5, 5.41) is 4.60. The molecule has 0 unspecified atom stereocenters. The summed E-state index contributed by atoms with van der Waals surface area (Å²) >= 11 is 0. The minimum absolute atomic E-state index is 0.0444. The minimum Gasteiger partial charge on any atom is -0.495 e. The van der Waals surface area contributed by atoms with Crippen molar-refractivity contribution in [3.8, 4) is 17.0 Å². The number of aromatic nitrogens is 2. The number of hydrogen-bond acceptors (Lipinski definition) is 5. The number of nitrogens with one attached hydrogen (secondary N) is 1. The SMILES string of the molecule is CCn1nc(-c2ccc(OC)c(S(=O)(=O)NCc3ccc(C)cc3)c2)c2c(c1=O)CCCC2. The van der Waals surface area contributed by atoms with Crippen molar-refractivity contribution < 1.29 is 13.2 Å². The first-order valence-corrected chi connectivity index (χ1v) is 12.7. The number of benzene rings is 2. The molecule has 174 valence electrons. The lowest BCUT2D eigenvalue weighted by molar-refractivity contribution is 0.402. The normalized spacial score (nSPS) is 13.5. The molecule has 8 heteroatoms. The predicted molar refractivity (Wildman–Crippen MR) is 128 cm³/mol. The highest BCUT2D eigenvalue weighted by atomic mass is 32.2. The van der Waals surface area contributed by atoms with Crippen molar-refractivity contribution in [3.63, 3.8) is 0 Å². The van der Waals surface area contributed by atoms with Crippen LogP contribution in [0.1, 0.15) is 42.0 Å². The van der Waals surface area contributed by atoms with E-state index >= 15 is 0 Å². The summed E-state index contributed by atoms with van der Waals surface area (Å²) in [5.41, 5.74) is 4.99. The molecule has 1 N–H and O–H groups in total. The van der Waals surface area contributed by atoms with E-state index in [1.54, 1.807) is 18.2 Å². The summed E-state index contributed by atoms with van der Waals surface area (Å²) in [6, 6.07) is 12.7. The lowest BCUT2D eigenvalue weighted by Crippen LogP contribution is -2.30. The van der Waals surface area contributed by atoms with Crippen LogP contribution in [0.4, 0.5) is 0 Å². The van der Waals surface area contributed by atoms with Crippen LogP contribution in [0.3, 0.4) is 0 Å². The topological polar surface area (TPSA) is 90.3 Å². The van der Waals surface area contributed by atoms with Gasteiger partial charge in [-0.1, -0.05) is 29.8 Å². The number of sulfonamides is 1. The predicted octanol–water partition coefficient (Wildman–Crippen LogP) is 3.60. The highest BCUT2D eigenvalue weighted by molar-refractivity contribution is 7.89. The van der Waals surface area contributed by atoms with E-state index in [0.717, 1.165) is 47.9 Å². The molecular weight excluding hydrogens is 438 g/mol. The Morgan fingerprint density at radius 3 is 2.42 bits per heavy atom. The molecule has 1 heterocycles. The van der Waals surface area contributed by atoms with Crippen LogP contribution in [-0.2, 0) is 36.0 Å². The minimum atomic E-state index is -3.86. The monoisotopic (exact) mass is 467 g/mol. The van der Waals surface area contributed by atoms with Crippen molar-refractivity contribution in [1.29, 1.82) is 0 Å². The van der Waals surface area contributed by atoms with Gasteiger partial charge < -0.3 is 4.74 Å². The molecule has 1 aromatic heterocycles. The Morgan fingerprint density at radius 1 is 1.06 bits per heavy atom. The van der Waals surface area contributed by atoms with E-state index in [-0.39, 0.29) is 22.7 Å². The molecule has 0 atom stereocenters. The quantitative estimate of drug-likeness (QED) is 0.573. The zero-order valence-corrected chi connectivity index (χ0v) is 20.0. The van der Waals surface area contributed by atoms with Gasteiger partial charge >= 0.3 is 0 Å². The van der Waals surface area contributed by atoms with Crippen LogP contribution < -0.4 is 15.0 Å². The molecule has 2 aromatic carbocycles. The molecule has 33 heavy (non-hydrogen) atoms. The van der Waals surface area contributed by atoms with Crippen LogP contribution in [0.25, 0.3) is 11.3 Å². The van der Waals surface area contributed by atoms with Crippen LogP contribution in [-0.4, -0.2) is 25.3 Å². The number of nitrogens with zero attached hydrogens (tertiary/aromatic N) is 2. The molecule has 7 nitrogen and oxygen atoms in total. The third kappa shape index (κ3) is 4.72. The van der Waals surface area contributed by atoms with Crippen molar-refractivity contribution in [1.82, 2.24) is 14.5 Å². The van der Waals surface area contributed by atoms with Gasteiger partial charge in [0.05, 0.1) is 12.8 Å². The summed E-state index contributed by atoms with van der Waals surface area (Å²) < 4.78 is 36.0. The van der Waals surface area contributed by atoms with Gasteiger partial charge in [0.15, 0.2) is 0 Å². The Bertz CT molecular complexity index is 1330. The van der Waals surface area contributed by atoms with Crippen LogP contribution >= 0.6 is 0 Å². The Labute approximate surface area is 194 Å². The highest BCUT2D eigenvalue weighted by Crippen LogP contribution is 2.33. The number of aryl methyl sites for hydroxylation is 2. The molecule has 0 radical (unpaired) electrons. The van der Waals surface area contributed by atoms with Crippen molar-refractivity contribution >= 4 is 10.0 Å². The first-order chi connectivity index (χ1) is 15.8. The standard InChI is InChI=1S/C25H29N3O4S/c1-4-28-25(29)21-8-6-5-7-20(21)24(27-28)19-13-14-22(32-3)23(15-19)33(30,31)26-16-18-11-9-17(2)10-12-18/h9-15,26H,4-8,16H2,1-3H3. The zero-order chi connectivity index (χ0) is 23.6. The van der Waals surface area contributed by atoms with Gasteiger partial charge in [-0.05, 0) is 68.9 Å². The van der Waals surface area contributed by atoms with Gasteiger partial charge in [0, 0.05) is 24.2 Å². The maximum atomic E-state index is 13.2. The molecule has 0 spiro atoms. The lowest BCUT2D eigenvalue weighted by Gasteiger charge is -2.20. The molecule has 0 amide bonds. The number of hydrogen-bond donors (Lipinski definition) is 1. The third-order valence-corrected chi connectivity index (χ3v) is 7.50. The average molecular weight is 468 g/mol. The van der Waals surface area contributed by atoms with Crippen molar-refractivity contribution in [2.75, 3.05) is 7.11 Å². The molecule has 0 saturated carbocycles. The molecule has 1 aliphatic carbocycles. The Morgan fingerprint density at radius 2 is 1.76 bits per heavy atom. The van der Waals surface area contributed by atoms with Crippen molar-refractivity contribution in [2.24, 2.45) is 0 Å². The van der Waals surface area contributed by atoms with Crippen LogP contribution in [0.5, 0.6) is 5.75 Å². The fraction of sp³-hybridized carbons (Fsp3) is 0.360. The van der Waals surface area contributed by atoms with Crippen LogP contribution in [0, 0.1) is 6.92 Å². The second-order valence-corrected chi connectivity index (χ2v) is 10.0. The van der Waals surface area contributed by atoms with Crippen molar-refractivity contribution in [2.45, 2.75) is 57.5 Å². The van der Waals surface area contributed by atoms with Crippen LogP contribution in [0.2, 0.25) is 0 Å². The summed E-state index contributed by atoms with van der Waals surface area (Å²) in [6.07, 6.45) is 3.44. The van der Waals surface area contributed by atoms with Gasteiger partial charge in [-0.3, -0.25) is 4.79 Å². The van der Waals surface area contributed by atoms with Crippen molar-refractivity contribution in [3.05, 3.63) is 75.1 Å². The first kappa shape index (κ1) is 23.2. The Balaban J connectivity index is 1.76. The molecule has 4 rings (SSSR count). The van der Waals surface area contributed by atoms with E-state index in [4.69, 9.17) is 4.74 Å². The zero-order valence-electron chi connectivity index (χ0n) is 19.2. The number of methoxy groups -OCH3 is 1. The lowest BCUT2D eigenvalue weighted by atomic mass is 9.90. The average Bonchev–Trinajstić information content (AvgIpc) is 2.84. The maximum Gasteiger partial charge on any atom is 0.270 e. The third-order valence-electron chi connectivity index (χ3n) is 6.08. The summed E-state index contributed by atoms with van der Waals surface area (Å²) in [6.45, 7) is 4.49.